The molecule has 0 saturated heterocycles. The fourth-order valence-corrected chi connectivity index (χ4v) is 2.04. The number of anilines is 1. The van der Waals surface area contributed by atoms with Crippen molar-refractivity contribution in [1.29, 1.82) is 0 Å². The van der Waals surface area contributed by atoms with E-state index in [2.05, 4.69) is 19.2 Å². The lowest BCUT2D eigenvalue weighted by Gasteiger charge is -2.18. The molecule has 116 valence electrons. The van der Waals surface area contributed by atoms with E-state index in [9.17, 15) is 9.59 Å². The van der Waals surface area contributed by atoms with Crippen LogP contribution in [-0.2, 0) is 9.53 Å². The molecule has 0 atom stereocenters. The van der Waals surface area contributed by atoms with Crippen molar-refractivity contribution in [2.75, 3.05) is 32.1 Å². The molecule has 0 spiro atoms. The van der Waals surface area contributed by atoms with Gasteiger partial charge < -0.3 is 10.1 Å². The molecule has 1 aromatic rings. The molecule has 0 aliphatic carbocycles. The van der Waals surface area contributed by atoms with E-state index in [0.717, 1.165) is 6.54 Å². The summed E-state index contributed by atoms with van der Waals surface area (Å²) in [6, 6.07) is 6.69. The van der Waals surface area contributed by atoms with Crippen LogP contribution in [0.5, 0.6) is 0 Å². The molecule has 0 aromatic heterocycles. The summed E-state index contributed by atoms with van der Waals surface area (Å²) in [5, 5.41) is 2.81. The molecule has 0 aliphatic rings. The third kappa shape index (κ3) is 6.40. The van der Waals surface area contributed by atoms with Gasteiger partial charge in [-0.1, -0.05) is 13.8 Å². The fourth-order valence-electron chi connectivity index (χ4n) is 2.04. The molecule has 5 nitrogen and oxygen atoms in total. The molecular formula is C16H24N2O3. The molecule has 0 unspecified atom stereocenters. The Bertz CT molecular complexity index is 469. The van der Waals surface area contributed by atoms with Gasteiger partial charge in [0, 0.05) is 12.2 Å². The van der Waals surface area contributed by atoms with Gasteiger partial charge in [0.15, 0.2) is 0 Å². The van der Waals surface area contributed by atoms with Crippen molar-refractivity contribution in [2.24, 2.45) is 5.92 Å². The Morgan fingerprint density at radius 2 is 1.86 bits per heavy atom. The van der Waals surface area contributed by atoms with E-state index in [1.165, 1.54) is 0 Å². The van der Waals surface area contributed by atoms with Gasteiger partial charge in [0.05, 0.1) is 18.7 Å². The minimum atomic E-state index is -0.355. The van der Waals surface area contributed by atoms with E-state index in [-0.39, 0.29) is 11.9 Å². The lowest BCUT2D eigenvalue weighted by molar-refractivity contribution is -0.117. The fraction of sp³-hybridized carbons (Fsp3) is 0.500. The summed E-state index contributed by atoms with van der Waals surface area (Å²) in [7, 11) is 1.92. The van der Waals surface area contributed by atoms with Crippen LogP contribution >= 0.6 is 0 Å². The lowest BCUT2D eigenvalue weighted by atomic mass is 10.2. The zero-order valence-corrected chi connectivity index (χ0v) is 13.2. The van der Waals surface area contributed by atoms with Crippen LogP contribution in [0.3, 0.4) is 0 Å². The summed E-state index contributed by atoms with van der Waals surface area (Å²) in [6.07, 6.45) is 0. The maximum Gasteiger partial charge on any atom is 0.338 e. The minimum absolute atomic E-state index is 0.0676. The first-order valence-electron chi connectivity index (χ1n) is 7.18. The Morgan fingerprint density at radius 3 is 2.38 bits per heavy atom. The number of carbonyl (C=O) groups excluding carboxylic acids is 2. The van der Waals surface area contributed by atoms with Crippen LogP contribution in [0, 0.1) is 5.92 Å². The second-order valence-corrected chi connectivity index (χ2v) is 5.44. The maximum absolute atomic E-state index is 11.9. The van der Waals surface area contributed by atoms with Crippen LogP contribution in [0.1, 0.15) is 31.1 Å². The number of nitrogens with zero attached hydrogens (tertiary/aromatic N) is 1. The summed E-state index contributed by atoms with van der Waals surface area (Å²) in [6.45, 7) is 7.55. The van der Waals surface area contributed by atoms with Gasteiger partial charge in [-0.3, -0.25) is 9.69 Å². The predicted octanol–water partition coefficient (Wildman–Crippen LogP) is 2.39. The number of hydrogen-bond donors (Lipinski definition) is 1. The van der Waals surface area contributed by atoms with E-state index < -0.39 is 0 Å². The maximum atomic E-state index is 11.9. The molecule has 0 heterocycles. The molecule has 21 heavy (non-hydrogen) atoms. The van der Waals surface area contributed by atoms with Crippen LogP contribution in [-0.4, -0.2) is 43.5 Å². The number of likely N-dealkylation sites (N-methyl/N-ethyl adjacent to an activating group) is 1. The standard InChI is InChI=1S/C16H24N2O3/c1-5-21-16(20)13-6-8-14(9-7-13)17-15(19)11-18(4)10-12(2)3/h6-9,12H,5,10-11H2,1-4H3,(H,17,19). The van der Waals surface area contributed by atoms with Gasteiger partial charge in [0.1, 0.15) is 0 Å². The first-order valence-corrected chi connectivity index (χ1v) is 7.18. The number of amides is 1. The Labute approximate surface area is 126 Å². The number of esters is 1. The minimum Gasteiger partial charge on any atom is -0.462 e. The topological polar surface area (TPSA) is 58.6 Å². The van der Waals surface area contributed by atoms with Gasteiger partial charge in [-0.15, -0.1) is 0 Å². The quantitative estimate of drug-likeness (QED) is 0.784. The van der Waals surface area contributed by atoms with Gasteiger partial charge in [0.2, 0.25) is 5.91 Å². The smallest absolute Gasteiger partial charge is 0.338 e. The number of ether oxygens (including phenoxy) is 1. The van der Waals surface area contributed by atoms with E-state index in [0.29, 0.717) is 30.3 Å². The highest BCUT2D eigenvalue weighted by atomic mass is 16.5. The predicted molar refractivity (Wildman–Crippen MR) is 83.4 cm³/mol. The van der Waals surface area contributed by atoms with Crippen LogP contribution in [0.15, 0.2) is 24.3 Å². The molecule has 1 N–H and O–H groups in total. The molecule has 0 saturated carbocycles. The Kier molecular flexibility index (Phi) is 6.88. The molecule has 1 amide bonds. The van der Waals surface area contributed by atoms with E-state index in [1.807, 2.05) is 11.9 Å². The van der Waals surface area contributed by atoms with Crippen molar-refractivity contribution in [3.63, 3.8) is 0 Å². The molecule has 0 bridgehead atoms. The summed E-state index contributed by atoms with van der Waals surface area (Å²) < 4.78 is 4.91. The average Bonchev–Trinajstić information content (AvgIpc) is 2.38. The van der Waals surface area contributed by atoms with Crippen molar-refractivity contribution in [1.82, 2.24) is 4.90 Å². The first kappa shape index (κ1) is 17.2. The van der Waals surface area contributed by atoms with Gasteiger partial charge in [0.25, 0.3) is 0 Å². The summed E-state index contributed by atoms with van der Waals surface area (Å²) in [4.78, 5) is 25.4. The van der Waals surface area contributed by atoms with E-state index >= 15 is 0 Å². The van der Waals surface area contributed by atoms with E-state index in [4.69, 9.17) is 4.74 Å². The summed E-state index contributed by atoms with van der Waals surface area (Å²) in [5.41, 5.74) is 1.15. The van der Waals surface area contributed by atoms with Crippen LogP contribution in [0.2, 0.25) is 0 Å². The van der Waals surface area contributed by atoms with E-state index in [1.54, 1.807) is 31.2 Å². The highest BCUT2D eigenvalue weighted by Crippen LogP contribution is 2.10. The van der Waals surface area contributed by atoms with Crippen molar-refractivity contribution in [3.05, 3.63) is 29.8 Å². The van der Waals surface area contributed by atoms with Crippen LogP contribution in [0.4, 0.5) is 5.69 Å². The molecule has 5 heteroatoms. The zero-order valence-electron chi connectivity index (χ0n) is 13.2. The second kappa shape index (κ2) is 8.42. The number of rotatable bonds is 7. The monoisotopic (exact) mass is 292 g/mol. The molecule has 0 fully saturated rings. The van der Waals surface area contributed by atoms with Gasteiger partial charge >= 0.3 is 5.97 Å². The van der Waals surface area contributed by atoms with Gasteiger partial charge in [-0.25, -0.2) is 4.79 Å². The lowest BCUT2D eigenvalue weighted by Crippen LogP contribution is -2.32. The second-order valence-electron chi connectivity index (χ2n) is 5.44. The number of benzene rings is 1. The van der Waals surface area contributed by atoms with Gasteiger partial charge in [-0.2, -0.15) is 0 Å². The summed E-state index contributed by atoms with van der Waals surface area (Å²) >= 11 is 0. The first-order chi connectivity index (χ1) is 9.92. The molecule has 1 aromatic carbocycles. The zero-order chi connectivity index (χ0) is 15.8. The summed E-state index contributed by atoms with van der Waals surface area (Å²) in [5.74, 6) is 0.0979. The average molecular weight is 292 g/mol. The Balaban J connectivity index is 2.51. The highest BCUT2D eigenvalue weighted by Gasteiger charge is 2.09. The molecule has 0 aliphatic heterocycles. The normalized spacial score (nSPS) is 10.8. The third-order valence-corrected chi connectivity index (χ3v) is 2.77. The SMILES string of the molecule is CCOC(=O)c1ccc(NC(=O)CN(C)CC(C)C)cc1. The molecular weight excluding hydrogens is 268 g/mol. The Hall–Kier alpha value is -1.88. The van der Waals surface area contributed by atoms with Crippen LogP contribution in [0.25, 0.3) is 0 Å². The highest BCUT2D eigenvalue weighted by molar-refractivity contribution is 5.93. The Morgan fingerprint density at radius 1 is 1.24 bits per heavy atom. The molecule has 0 radical (unpaired) electrons. The largest absolute Gasteiger partial charge is 0.462 e. The molecule has 1 rings (SSSR count). The van der Waals surface area contributed by atoms with Crippen molar-refractivity contribution in [2.45, 2.75) is 20.8 Å². The van der Waals surface area contributed by atoms with Gasteiger partial charge in [-0.05, 0) is 44.2 Å². The number of hydrogen-bond acceptors (Lipinski definition) is 4. The van der Waals surface area contributed by atoms with Crippen molar-refractivity contribution < 1.29 is 14.3 Å². The third-order valence-electron chi connectivity index (χ3n) is 2.77. The van der Waals surface area contributed by atoms with Crippen molar-refractivity contribution in [3.8, 4) is 0 Å². The van der Waals surface area contributed by atoms with Crippen molar-refractivity contribution >= 4 is 17.6 Å². The van der Waals surface area contributed by atoms with Crippen LogP contribution < -0.4 is 5.32 Å². The number of nitrogens with one attached hydrogen (secondary N) is 1. The number of carbonyl (C=O) groups is 2.